The van der Waals surface area contributed by atoms with E-state index in [1.807, 2.05) is 9.80 Å². The summed E-state index contributed by atoms with van der Waals surface area (Å²) in [6, 6.07) is 0.665. The lowest BCUT2D eigenvalue weighted by Gasteiger charge is -2.49. The third-order valence-electron chi connectivity index (χ3n) is 6.02. The average molecular weight is 324 g/mol. The van der Waals surface area contributed by atoms with Crippen molar-refractivity contribution in [2.24, 2.45) is 5.41 Å². The molecule has 0 aromatic rings. The molecule has 1 saturated carbocycles. The van der Waals surface area contributed by atoms with Crippen LogP contribution in [0.25, 0.3) is 0 Å². The van der Waals surface area contributed by atoms with Crippen molar-refractivity contribution in [2.45, 2.75) is 57.7 Å². The second-order valence-corrected chi connectivity index (χ2v) is 7.34. The van der Waals surface area contributed by atoms with Crippen molar-refractivity contribution in [3.8, 4) is 0 Å². The number of hydrogen-bond donors (Lipinski definition) is 0. The van der Waals surface area contributed by atoms with E-state index in [1.54, 1.807) is 14.0 Å². The highest BCUT2D eigenvalue weighted by atomic mass is 16.5. The van der Waals surface area contributed by atoms with Crippen molar-refractivity contribution < 1.29 is 19.1 Å². The molecular formula is C17H28N2O4. The van der Waals surface area contributed by atoms with Crippen LogP contribution in [0.15, 0.2) is 0 Å². The minimum Gasteiger partial charge on any atom is -0.382 e. The highest BCUT2D eigenvalue weighted by molar-refractivity contribution is 5.80. The predicted octanol–water partition coefficient (Wildman–Crippen LogP) is 1.04. The summed E-state index contributed by atoms with van der Waals surface area (Å²) in [7, 11) is 1.62. The number of carbonyl (C=O) groups excluding carboxylic acids is 2. The van der Waals surface area contributed by atoms with Gasteiger partial charge in [0.2, 0.25) is 11.8 Å². The zero-order chi connectivity index (χ0) is 16.6. The first-order valence-electron chi connectivity index (χ1n) is 8.64. The molecule has 0 N–H and O–H groups in total. The summed E-state index contributed by atoms with van der Waals surface area (Å²) >= 11 is 0. The van der Waals surface area contributed by atoms with Crippen molar-refractivity contribution >= 4 is 11.8 Å². The van der Waals surface area contributed by atoms with Gasteiger partial charge in [-0.1, -0.05) is 6.92 Å². The van der Waals surface area contributed by atoms with Gasteiger partial charge in [-0.3, -0.25) is 9.59 Å². The van der Waals surface area contributed by atoms with Crippen LogP contribution in [0.4, 0.5) is 0 Å². The van der Waals surface area contributed by atoms with Crippen LogP contribution in [0, 0.1) is 5.41 Å². The molecule has 0 unspecified atom stereocenters. The number of amides is 2. The summed E-state index contributed by atoms with van der Waals surface area (Å²) in [5.74, 6) is 0.197. The lowest BCUT2D eigenvalue weighted by Crippen LogP contribution is -2.57. The number of fused-ring (bicyclic) bond motifs is 1. The van der Waals surface area contributed by atoms with Crippen LogP contribution in [-0.2, 0) is 19.1 Å². The van der Waals surface area contributed by atoms with Crippen LogP contribution in [-0.4, -0.2) is 73.2 Å². The molecule has 0 radical (unpaired) electrons. The molecule has 2 aliphatic heterocycles. The Kier molecular flexibility index (Phi) is 4.65. The summed E-state index contributed by atoms with van der Waals surface area (Å²) in [6.07, 6.45) is 4.19. The number of rotatable bonds is 5. The Hall–Kier alpha value is -1.14. The van der Waals surface area contributed by atoms with Gasteiger partial charge in [0, 0.05) is 38.1 Å². The van der Waals surface area contributed by atoms with Gasteiger partial charge in [0.15, 0.2) is 0 Å². The molecule has 2 heterocycles. The van der Waals surface area contributed by atoms with E-state index in [4.69, 9.17) is 9.47 Å². The molecule has 2 saturated heterocycles. The van der Waals surface area contributed by atoms with Gasteiger partial charge in [-0.15, -0.1) is 0 Å². The standard InChI is InChI=1S/C17H28N2O4/c1-12(20)18-10-13-9-17(2)14(18)5-4-6-15(17)19(13)16(21)11-23-8-7-22-3/h13-15H,4-11H2,1-3H3/t13-,14+,15-,17+/m0/s1. The lowest BCUT2D eigenvalue weighted by atomic mass is 9.66. The van der Waals surface area contributed by atoms with Gasteiger partial charge < -0.3 is 19.3 Å². The largest absolute Gasteiger partial charge is 0.382 e. The fraction of sp³-hybridized carbons (Fsp3) is 0.882. The van der Waals surface area contributed by atoms with E-state index in [1.165, 1.54) is 0 Å². The van der Waals surface area contributed by atoms with E-state index in [2.05, 4.69) is 6.92 Å². The first kappa shape index (κ1) is 16.7. The van der Waals surface area contributed by atoms with Gasteiger partial charge in [-0.05, 0) is 25.7 Å². The Morgan fingerprint density at radius 2 is 1.96 bits per heavy atom. The fourth-order valence-electron chi connectivity index (χ4n) is 5.10. The number of nitrogens with zero attached hydrogens (tertiary/aromatic N) is 2. The normalized spacial score (nSPS) is 35.5. The monoisotopic (exact) mass is 324 g/mol. The highest BCUT2D eigenvalue weighted by Crippen LogP contribution is 2.54. The summed E-state index contributed by atoms with van der Waals surface area (Å²) in [5.41, 5.74) is 0.0367. The molecule has 2 amide bonds. The van der Waals surface area contributed by atoms with Crippen LogP contribution in [0.2, 0.25) is 0 Å². The zero-order valence-electron chi connectivity index (χ0n) is 14.4. The lowest BCUT2D eigenvalue weighted by molar-refractivity contribution is -0.140. The first-order valence-corrected chi connectivity index (χ1v) is 8.64. The van der Waals surface area contributed by atoms with Crippen LogP contribution in [0.1, 0.15) is 39.5 Å². The molecule has 130 valence electrons. The van der Waals surface area contributed by atoms with Gasteiger partial charge in [0.1, 0.15) is 6.61 Å². The molecule has 3 aliphatic rings. The van der Waals surface area contributed by atoms with E-state index in [0.717, 1.165) is 25.7 Å². The van der Waals surface area contributed by atoms with E-state index in [0.29, 0.717) is 19.8 Å². The number of ether oxygens (including phenoxy) is 2. The maximum atomic E-state index is 12.7. The third kappa shape index (κ3) is 2.76. The molecule has 0 aromatic heterocycles. The maximum absolute atomic E-state index is 12.7. The Morgan fingerprint density at radius 3 is 2.65 bits per heavy atom. The molecule has 23 heavy (non-hydrogen) atoms. The molecule has 6 heteroatoms. The minimum absolute atomic E-state index is 0.0367. The molecule has 3 rings (SSSR count). The van der Waals surface area contributed by atoms with Gasteiger partial charge in [-0.2, -0.15) is 0 Å². The Morgan fingerprint density at radius 1 is 1.22 bits per heavy atom. The number of methoxy groups -OCH3 is 1. The van der Waals surface area contributed by atoms with Crippen molar-refractivity contribution in [1.82, 2.24) is 9.80 Å². The van der Waals surface area contributed by atoms with Gasteiger partial charge in [0.05, 0.1) is 19.3 Å². The smallest absolute Gasteiger partial charge is 0.249 e. The summed E-state index contributed by atoms with van der Waals surface area (Å²) in [6.45, 7) is 5.64. The van der Waals surface area contributed by atoms with Crippen molar-refractivity contribution in [1.29, 1.82) is 0 Å². The average Bonchev–Trinajstić information content (AvgIpc) is 2.80. The SMILES string of the molecule is COCCOCC(=O)N1[C@@H]2CN(C(C)=O)[C@@H]3CCC[C@H]1[C@]3(C)C2. The molecule has 3 fully saturated rings. The Labute approximate surface area is 138 Å². The van der Waals surface area contributed by atoms with Crippen LogP contribution < -0.4 is 0 Å². The van der Waals surface area contributed by atoms with Gasteiger partial charge in [-0.25, -0.2) is 0 Å². The van der Waals surface area contributed by atoms with Crippen molar-refractivity contribution in [2.75, 3.05) is 33.5 Å². The second-order valence-electron chi connectivity index (χ2n) is 7.34. The van der Waals surface area contributed by atoms with E-state index >= 15 is 0 Å². The van der Waals surface area contributed by atoms with Crippen LogP contribution in [0.5, 0.6) is 0 Å². The Bertz CT molecular complexity index is 483. The molecule has 0 aromatic carbocycles. The second kappa shape index (κ2) is 6.40. The van der Waals surface area contributed by atoms with E-state index in [-0.39, 0.29) is 42.0 Å². The van der Waals surface area contributed by atoms with E-state index in [9.17, 15) is 9.59 Å². The maximum Gasteiger partial charge on any atom is 0.249 e. The number of hydrogen-bond acceptors (Lipinski definition) is 4. The fourth-order valence-corrected chi connectivity index (χ4v) is 5.10. The van der Waals surface area contributed by atoms with Gasteiger partial charge in [0.25, 0.3) is 0 Å². The Balaban J connectivity index is 1.75. The third-order valence-corrected chi connectivity index (χ3v) is 6.02. The van der Waals surface area contributed by atoms with Crippen molar-refractivity contribution in [3.05, 3.63) is 0 Å². The first-order chi connectivity index (χ1) is 11.0. The molecule has 1 aliphatic carbocycles. The van der Waals surface area contributed by atoms with Crippen LogP contribution in [0.3, 0.4) is 0 Å². The number of piperidine rings is 1. The predicted molar refractivity (Wildman–Crippen MR) is 84.9 cm³/mol. The summed E-state index contributed by atoms with van der Waals surface area (Å²) in [5, 5.41) is 0. The van der Waals surface area contributed by atoms with E-state index < -0.39 is 0 Å². The summed E-state index contributed by atoms with van der Waals surface area (Å²) in [4.78, 5) is 28.8. The highest BCUT2D eigenvalue weighted by Gasteiger charge is 2.61. The topological polar surface area (TPSA) is 59.1 Å². The zero-order valence-corrected chi connectivity index (χ0v) is 14.4. The molecule has 6 nitrogen and oxygen atoms in total. The van der Waals surface area contributed by atoms with Gasteiger partial charge >= 0.3 is 0 Å². The molecular weight excluding hydrogens is 296 g/mol. The molecule has 0 spiro atoms. The van der Waals surface area contributed by atoms with Crippen LogP contribution >= 0.6 is 0 Å². The molecule has 2 bridgehead atoms. The van der Waals surface area contributed by atoms with Crippen molar-refractivity contribution in [3.63, 3.8) is 0 Å². The quantitative estimate of drug-likeness (QED) is 0.709. The minimum atomic E-state index is 0.0367. The molecule has 4 atom stereocenters. The number of likely N-dealkylation sites (tertiary alicyclic amines) is 2. The number of carbonyl (C=O) groups is 2. The summed E-state index contributed by atoms with van der Waals surface area (Å²) < 4.78 is 10.4.